The van der Waals surface area contributed by atoms with Crippen molar-refractivity contribution in [1.82, 2.24) is 5.32 Å². The molecule has 0 radical (unpaired) electrons. The lowest BCUT2D eigenvalue weighted by atomic mass is 9.95. The molecule has 0 amide bonds. The molecular weight excluding hydrogens is 186 g/mol. The molecule has 0 saturated heterocycles. The highest BCUT2D eigenvalue weighted by atomic mass is 16.2. The molecule has 84 valence electrons. The number of hydrogen-bond donors (Lipinski definition) is 2. The Kier molecular flexibility index (Phi) is 4.79. The molecule has 0 saturated carbocycles. The number of fused-ring (bicyclic) bond motifs is 1. The van der Waals surface area contributed by atoms with E-state index in [-0.39, 0.29) is 0 Å². The van der Waals surface area contributed by atoms with Crippen LogP contribution in [0.2, 0.25) is 0 Å². The van der Waals surface area contributed by atoms with Crippen molar-refractivity contribution in [3.63, 3.8) is 0 Å². The van der Waals surface area contributed by atoms with Crippen LogP contribution in [-0.4, -0.2) is 25.8 Å². The monoisotopic (exact) mass is 207 g/mol. The maximum absolute atomic E-state index is 7.00. The molecule has 1 aromatic carbocycles. The Bertz CT molecular complexity index is 298. The Labute approximate surface area is 92.3 Å². The summed E-state index contributed by atoms with van der Waals surface area (Å²) in [5, 5.41) is 10.3. The van der Waals surface area contributed by atoms with Crippen LogP contribution in [0.5, 0.6) is 0 Å². The van der Waals surface area contributed by atoms with Crippen LogP contribution in [-0.2, 0) is 6.42 Å². The highest BCUT2D eigenvalue weighted by Gasteiger charge is 2.27. The molecule has 0 heterocycles. The molecule has 2 rings (SSSR count). The molecule has 2 atom stereocenters. The van der Waals surface area contributed by atoms with Gasteiger partial charge in [-0.1, -0.05) is 31.2 Å². The van der Waals surface area contributed by atoms with Gasteiger partial charge in [0.05, 0.1) is 0 Å². The topological polar surface area (TPSA) is 32.3 Å². The SMILES string of the molecule is CNCC1Cc2ccccc2C1C.CO. The van der Waals surface area contributed by atoms with E-state index in [9.17, 15) is 0 Å². The van der Waals surface area contributed by atoms with Gasteiger partial charge in [0, 0.05) is 7.11 Å². The molecule has 2 N–H and O–H groups in total. The number of aliphatic hydroxyl groups is 1. The summed E-state index contributed by atoms with van der Waals surface area (Å²) in [6, 6.07) is 8.83. The first-order chi connectivity index (χ1) is 7.33. The first-order valence-corrected chi connectivity index (χ1v) is 5.50. The van der Waals surface area contributed by atoms with E-state index in [1.807, 2.05) is 7.05 Å². The third-order valence-electron chi connectivity index (χ3n) is 3.20. The summed E-state index contributed by atoms with van der Waals surface area (Å²) in [6.45, 7) is 3.48. The van der Waals surface area contributed by atoms with E-state index < -0.39 is 0 Å². The van der Waals surface area contributed by atoms with Crippen LogP contribution in [0.25, 0.3) is 0 Å². The first kappa shape index (κ1) is 12.2. The molecular formula is C13H21NO. The molecule has 0 bridgehead atoms. The molecule has 1 aliphatic carbocycles. The molecule has 0 fully saturated rings. The Morgan fingerprint density at radius 2 is 2.00 bits per heavy atom. The van der Waals surface area contributed by atoms with Gasteiger partial charge in [-0.3, -0.25) is 0 Å². The molecule has 1 aliphatic rings. The van der Waals surface area contributed by atoms with Crippen molar-refractivity contribution in [3.05, 3.63) is 35.4 Å². The van der Waals surface area contributed by atoms with Crippen molar-refractivity contribution in [2.45, 2.75) is 19.3 Å². The lowest BCUT2D eigenvalue weighted by Crippen LogP contribution is -2.20. The average molecular weight is 207 g/mol. The minimum absolute atomic E-state index is 0.726. The lowest BCUT2D eigenvalue weighted by Gasteiger charge is -2.14. The van der Waals surface area contributed by atoms with Gasteiger partial charge < -0.3 is 10.4 Å². The van der Waals surface area contributed by atoms with E-state index in [4.69, 9.17) is 5.11 Å². The zero-order valence-electron chi connectivity index (χ0n) is 9.83. The molecule has 2 unspecified atom stereocenters. The van der Waals surface area contributed by atoms with Crippen molar-refractivity contribution >= 4 is 0 Å². The van der Waals surface area contributed by atoms with Crippen LogP contribution in [0.3, 0.4) is 0 Å². The fourth-order valence-corrected chi connectivity index (χ4v) is 2.39. The summed E-state index contributed by atoms with van der Waals surface area (Å²) in [5.41, 5.74) is 3.11. The summed E-state index contributed by atoms with van der Waals surface area (Å²) in [4.78, 5) is 0. The standard InChI is InChI=1S/C12H17N.CH4O/c1-9-11(8-13-2)7-10-5-3-4-6-12(9)10;1-2/h3-6,9,11,13H,7-8H2,1-2H3;2H,1H3. The predicted molar refractivity (Wildman–Crippen MR) is 64.1 cm³/mol. The second-order valence-electron chi connectivity index (χ2n) is 4.01. The van der Waals surface area contributed by atoms with Gasteiger partial charge in [-0.2, -0.15) is 0 Å². The molecule has 0 aliphatic heterocycles. The van der Waals surface area contributed by atoms with Crippen LogP contribution in [0, 0.1) is 5.92 Å². The van der Waals surface area contributed by atoms with Crippen LogP contribution >= 0.6 is 0 Å². The van der Waals surface area contributed by atoms with Gasteiger partial charge in [-0.25, -0.2) is 0 Å². The molecule has 15 heavy (non-hydrogen) atoms. The zero-order valence-corrected chi connectivity index (χ0v) is 9.83. The normalized spacial score (nSPS) is 22.9. The smallest absolute Gasteiger partial charge is 0.0319 e. The molecule has 2 nitrogen and oxygen atoms in total. The van der Waals surface area contributed by atoms with Gasteiger partial charge >= 0.3 is 0 Å². The van der Waals surface area contributed by atoms with E-state index in [0.29, 0.717) is 0 Å². The van der Waals surface area contributed by atoms with E-state index in [2.05, 4.69) is 36.5 Å². The van der Waals surface area contributed by atoms with Gasteiger partial charge in [-0.15, -0.1) is 0 Å². The fraction of sp³-hybridized carbons (Fsp3) is 0.538. The summed E-state index contributed by atoms with van der Waals surface area (Å²) in [7, 11) is 3.04. The molecule has 0 aromatic heterocycles. The highest BCUT2D eigenvalue weighted by Crippen LogP contribution is 2.36. The minimum Gasteiger partial charge on any atom is -0.400 e. The summed E-state index contributed by atoms with van der Waals surface area (Å²) >= 11 is 0. The summed E-state index contributed by atoms with van der Waals surface area (Å²) < 4.78 is 0. The first-order valence-electron chi connectivity index (χ1n) is 5.50. The third-order valence-corrected chi connectivity index (χ3v) is 3.20. The quantitative estimate of drug-likeness (QED) is 0.775. The fourth-order valence-electron chi connectivity index (χ4n) is 2.39. The Balaban J connectivity index is 0.000000531. The van der Waals surface area contributed by atoms with Gasteiger partial charge in [-0.05, 0) is 43.0 Å². The molecule has 1 aromatic rings. The maximum atomic E-state index is 7.00. The van der Waals surface area contributed by atoms with Crippen molar-refractivity contribution in [2.75, 3.05) is 20.7 Å². The Morgan fingerprint density at radius 3 is 2.60 bits per heavy atom. The van der Waals surface area contributed by atoms with E-state index >= 15 is 0 Å². The van der Waals surface area contributed by atoms with E-state index in [1.54, 1.807) is 11.1 Å². The maximum Gasteiger partial charge on any atom is 0.0319 e. The molecule has 0 spiro atoms. The number of benzene rings is 1. The Hall–Kier alpha value is -0.860. The zero-order chi connectivity index (χ0) is 11.3. The van der Waals surface area contributed by atoms with Crippen LogP contribution < -0.4 is 5.32 Å². The van der Waals surface area contributed by atoms with Gasteiger partial charge in [0.1, 0.15) is 0 Å². The van der Waals surface area contributed by atoms with Crippen molar-refractivity contribution < 1.29 is 5.11 Å². The van der Waals surface area contributed by atoms with Crippen molar-refractivity contribution in [1.29, 1.82) is 0 Å². The number of hydrogen-bond acceptors (Lipinski definition) is 2. The van der Waals surface area contributed by atoms with E-state index in [1.165, 1.54) is 6.42 Å². The second-order valence-corrected chi connectivity index (χ2v) is 4.01. The van der Waals surface area contributed by atoms with Crippen LogP contribution in [0.4, 0.5) is 0 Å². The van der Waals surface area contributed by atoms with Crippen molar-refractivity contribution in [2.24, 2.45) is 5.92 Å². The summed E-state index contributed by atoms with van der Waals surface area (Å²) in [6.07, 6.45) is 1.25. The third kappa shape index (κ3) is 2.58. The number of nitrogens with one attached hydrogen (secondary N) is 1. The second kappa shape index (κ2) is 5.89. The van der Waals surface area contributed by atoms with Crippen LogP contribution in [0.1, 0.15) is 24.0 Å². The lowest BCUT2D eigenvalue weighted by molar-refractivity contribution is 0.399. The van der Waals surface area contributed by atoms with E-state index in [0.717, 1.165) is 25.5 Å². The predicted octanol–water partition coefficient (Wildman–Crippen LogP) is 1.79. The van der Waals surface area contributed by atoms with Gasteiger partial charge in [0.25, 0.3) is 0 Å². The minimum atomic E-state index is 0.726. The summed E-state index contributed by atoms with van der Waals surface area (Å²) in [5.74, 6) is 1.52. The van der Waals surface area contributed by atoms with Gasteiger partial charge in [0.15, 0.2) is 0 Å². The Morgan fingerprint density at radius 1 is 1.33 bits per heavy atom. The molecule has 2 heteroatoms. The average Bonchev–Trinajstić information content (AvgIpc) is 2.60. The van der Waals surface area contributed by atoms with Gasteiger partial charge in [0.2, 0.25) is 0 Å². The largest absolute Gasteiger partial charge is 0.400 e. The highest BCUT2D eigenvalue weighted by molar-refractivity contribution is 5.35. The number of aliphatic hydroxyl groups excluding tert-OH is 1. The van der Waals surface area contributed by atoms with Crippen LogP contribution in [0.15, 0.2) is 24.3 Å². The number of rotatable bonds is 2. The van der Waals surface area contributed by atoms with Crippen molar-refractivity contribution in [3.8, 4) is 0 Å².